The molecule has 0 aliphatic heterocycles. The summed E-state index contributed by atoms with van der Waals surface area (Å²) >= 11 is 12.8. The molecule has 0 amide bonds. The number of fused-ring (bicyclic) bond motifs is 1. The smallest absolute Gasteiger partial charge is 0.322 e. The normalized spacial score (nSPS) is 10.9. The Morgan fingerprint density at radius 2 is 1.63 bits per heavy atom. The second kappa shape index (κ2) is 8.18. The molecule has 0 bridgehead atoms. The predicted molar refractivity (Wildman–Crippen MR) is 119 cm³/mol. The van der Waals surface area contributed by atoms with Crippen molar-refractivity contribution in [1.29, 1.82) is 0 Å². The van der Waals surface area contributed by atoms with Crippen molar-refractivity contribution >= 4 is 45.9 Å². The van der Waals surface area contributed by atoms with Gasteiger partial charge in [0.15, 0.2) is 0 Å². The minimum absolute atomic E-state index is 0.297. The molecule has 0 saturated heterocycles. The van der Waals surface area contributed by atoms with Crippen LogP contribution in [0.2, 0.25) is 10.0 Å². The van der Waals surface area contributed by atoms with Gasteiger partial charge in [0.05, 0.1) is 11.1 Å². The second-order valence-electron chi connectivity index (χ2n) is 6.52. The summed E-state index contributed by atoms with van der Waals surface area (Å²) in [6, 6.07) is 16.0. The third kappa shape index (κ3) is 3.75. The zero-order valence-corrected chi connectivity index (χ0v) is 17.0. The van der Waals surface area contributed by atoms with E-state index < -0.39 is 5.97 Å². The van der Waals surface area contributed by atoms with E-state index in [-0.39, 0.29) is 12.1 Å². The van der Waals surface area contributed by atoms with Crippen molar-refractivity contribution in [3.8, 4) is 22.3 Å². The number of nitrogens with zero attached hydrogens (tertiary/aromatic N) is 1. The van der Waals surface area contributed by atoms with Crippen molar-refractivity contribution < 1.29 is 9.90 Å². The number of aromatic amines is 1. The first kappa shape index (κ1) is 19.9. The fourth-order valence-corrected chi connectivity index (χ4v) is 3.75. The number of carboxylic acids is 1. The third-order valence-corrected chi connectivity index (χ3v) is 5.26. The molecule has 2 aromatic carbocycles. The van der Waals surface area contributed by atoms with Crippen molar-refractivity contribution in [3.05, 3.63) is 81.2 Å². The van der Waals surface area contributed by atoms with E-state index in [4.69, 9.17) is 28.3 Å². The number of benzene rings is 2. The molecule has 0 aliphatic carbocycles. The molecule has 8 heteroatoms. The van der Waals surface area contributed by atoms with Crippen LogP contribution in [0.25, 0.3) is 33.2 Å². The molecule has 2 aromatic heterocycles. The highest BCUT2D eigenvalue weighted by molar-refractivity contribution is 6.34. The molecular weight excluding hydrogens is 425 g/mol. The fraction of sp³-hybridized carbons (Fsp3) is 0.0455. The van der Waals surface area contributed by atoms with E-state index in [2.05, 4.69) is 15.3 Å². The predicted octanol–water partition coefficient (Wildman–Crippen LogP) is 5.06. The summed E-state index contributed by atoms with van der Waals surface area (Å²) in [5.74, 6) is -0.729. The summed E-state index contributed by atoms with van der Waals surface area (Å²) in [6.07, 6.45) is 1.57. The number of carbonyl (C=O) groups is 1. The van der Waals surface area contributed by atoms with Crippen molar-refractivity contribution in [2.24, 2.45) is 0 Å². The summed E-state index contributed by atoms with van der Waals surface area (Å²) in [7, 11) is 0. The minimum atomic E-state index is -1.03. The second-order valence-corrected chi connectivity index (χ2v) is 7.33. The van der Waals surface area contributed by atoms with E-state index in [0.29, 0.717) is 43.5 Å². The number of hydrogen-bond donors (Lipinski definition) is 3. The van der Waals surface area contributed by atoms with Gasteiger partial charge in [0, 0.05) is 32.8 Å². The van der Waals surface area contributed by atoms with E-state index in [0.717, 1.165) is 5.56 Å². The Morgan fingerprint density at radius 1 is 1.00 bits per heavy atom. The zero-order valence-electron chi connectivity index (χ0n) is 15.4. The summed E-state index contributed by atoms with van der Waals surface area (Å²) < 4.78 is 0. The number of anilines is 1. The number of halogens is 2. The van der Waals surface area contributed by atoms with Gasteiger partial charge in [-0.1, -0.05) is 59.6 Å². The molecule has 0 spiro atoms. The first-order valence-electron chi connectivity index (χ1n) is 8.97. The molecular formula is C22H15Cl2N3O3. The van der Waals surface area contributed by atoms with Crippen molar-refractivity contribution in [1.82, 2.24) is 9.97 Å². The average molecular weight is 440 g/mol. The molecule has 0 fully saturated rings. The van der Waals surface area contributed by atoms with E-state index in [1.54, 1.807) is 42.6 Å². The Balaban J connectivity index is 2.08. The maximum atomic E-state index is 12.8. The van der Waals surface area contributed by atoms with Crippen LogP contribution in [0.5, 0.6) is 0 Å². The molecule has 0 atom stereocenters. The van der Waals surface area contributed by atoms with Crippen LogP contribution in [0.3, 0.4) is 0 Å². The lowest BCUT2D eigenvalue weighted by Gasteiger charge is -2.14. The van der Waals surface area contributed by atoms with Gasteiger partial charge < -0.3 is 15.4 Å². The molecule has 4 rings (SSSR count). The van der Waals surface area contributed by atoms with Crippen molar-refractivity contribution in [3.63, 3.8) is 0 Å². The minimum Gasteiger partial charge on any atom is -0.480 e. The van der Waals surface area contributed by atoms with Gasteiger partial charge in [0.25, 0.3) is 5.56 Å². The van der Waals surface area contributed by atoms with Crippen LogP contribution in [-0.4, -0.2) is 27.6 Å². The van der Waals surface area contributed by atoms with Gasteiger partial charge in [-0.3, -0.25) is 9.59 Å². The number of aromatic nitrogens is 2. The molecule has 2 heterocycles. The molecule has 30 heavy (non-hydrogen) atoms. The Labute approximate surface area is 181 Å². The topological polar surface area (TPSA) is 95.1 Å². The maximum Gasteiger partial charge on any atom is 0.322 e. The first-order valence-corrected chi connectivity index (χ1v) is 9.73. The van der Waals surface area contributed by atoms with Gasteiger partial charge in [0.1, 0.15) is 12.4 Å². The van der Waals surface area contributed by atoms with Crippen LogP contribution >= 0.6 is 23.2 Å². The van der Waals surface area contributed by atoms with Gasteiger partial charge in [-0.25, -0.2) is 4.98 Å². The van der Waals surface area contributed by atoms with E-state index in [1.165, 1.54) is 0 Å². The molecule has 0 saturated carbocycles. The van der Waals surface area contributed by atoms with Gasteiger partial charge in [0.2, 0.25) is 0 Å². The average Bonchev–Trinajstić information content (AvgIpc) is 2.73. The number of aliphatic carboxylic acids is 1. The summed E-state index contributed by atoms with van der Waals surface area (Å²) in [4.78, 5) is 31.1. The number of rotatable bonds is 5. The molecule has 0 radical (unpaired) electrons. The van der Waals surface area contributed by atoms with Gasteiger partial charge >= 0.3 is 5.97 Å². The quantitative estimate of drug-likeness (QED) is 0.403. The lowest BCUT2D eigenvalue weighted by atomic mass is 9.98. The number of pyridine rings is 2. The standard InChI is InChI=1S/C22H15Cl2N3O3/c23-16-7-3-1-5-12(16)14-9-18(25-11-19(28)29)27-21-15(14)10-26-22(30)20(21)13-6-2-4-8-17(13)24/h1-10H,11H2,(H,25,27)(H,26,30)(H,28,29). The molecule has 4 aromatic rings. The van der Waals surface area contributed by atoms with Crippen LogP contribution in [-0.2, 0) is 4.79 Å². The van der Waals surface area contributed by atoms with Crippen molar-refractivity contribution in [2.75, 3.05) is 11.9 Å². The third-order valence-electron chi connectivity index (χ3n) is 4.60. The highest BCUT2D eigenvalue weighted by Gasteiger charge is 2.18. The van der Waals surface area contributed by atoms with Gasteiger partial charge in [-0.15, -0.1) is 0 Å². The van der Waals surface area contributed by atoms with Gasteiger partial charge in [-0.05, 0) is 23.8 Å². The number of nitrogens with one attached hydrogen (secondary N) is 2. The van der Waals surface area contributed by atoms with Crippen LogP contribution in [0.4, 0.5) is 5.82 Å². The monoisotopic (exact) mass is 439 g/mol. The highest BCUT2D eigenvalue weighted by Crippen LogP contribution is 2.37. The summed E-state index contributed by atoms with van der Waals surface area (Å²) in [6.45, 7) is -0.328. The van der Waals surface area contributed by atoms with E-state index >= 15 is 0 Å². The van der Waals surface area contributed by atoms with Crippen molar-refractivity contribution in [2.45, 2.75) is 0 Å². The molecule has 0 unspecified atom stereocenters. The van der Waals surface area contributed by atoms with Gasteiger partial charge in [-0.2, -0.15) is 0 Å². The number of carboxylic acid groups (broad SMARTS) is 1. The van der Waals surface area contributed by atoms with Crippen LogP contribution < -0.4 is 10.9 Å². The number of hydrogen-bond acceptors (Lipinski definition) is 4. The Bertz CT molecular complexity index is 1340. The van der Waals surface area contributed by atoms with E-state index in [1.807, 2.05) is 18.2 Å². The van der Waals surface area contributed by atoms with Crippen LogP contribution in [0, 0.1) is 0 Å². The Morgan fingerprint density at radius 3 is 2.27 bits per heavy atom. The fourth-order valence-electron chi connectivity index (χ4n) is 3.28. The lowest BCUT2D eigenvalue weighted by Crippen LogP contribution is -2.15. The Hall–Kier alpha value is -3.35. The summed E-state index contributed by atoms with van der Waals surface area (Å²) in [5.41, 5.74) is 2.27. The number of H-pyrrole nitrogens is 1. The molecule has 3 N–H and O–H groups in total. The first-order chi connectivity index (χ1) is 14.5. The highest BCUT2D eigenvalue weighted by atomic mass is 35.5. The SMILES string of the molecule is O=C(O)CNc1cc(-c2ccccc2Cl)c2c[nH]c(=O)c(-c3ccccc3Cl)c2n1. The van der Waals surface area contributed by atoms with E-state index in [9.17, 15) is 9.59 Å². The largest absolute Gasteiger partial charge is 0.480 e. The zero-order chi connectivity index (χ0) is 21.3. The molecule has 6 nitrogen and oxygen atoms in total. The molecule has 150 valence electrons. The maximum absolute atomic E-state index is 12.8. The summed E-state index contributed by atoms with van der Waals surface area (Å²) in [5, 5.41) is 13.4. The lowest BCUT2D eigenvalue weighted by molar-refractivity contribution is -0.134. The van der Waals surface area contributed by atoms with Crippen LogP contribution in [0.1, 0.15) is 0 Å². The van der Waals surface area contributed by atoms with Crippen LogP contribution in [0.15, 0.2) is 65.6 Å². The molecule has 0 aliphatic rings. The Kier molecular flexibility index (Phi) is 5.44.